The zero-order valence-corrected chi connectivity index (χ0v) is 14.5. The van der Waals surface area contributed by atoms with Crippen molar-refractivity contribution in [3.8, 4) is 0 Å². The minimum absolute atomic E-state index is 0.185. The standard InChI is InChI=1S/C17H19N5O4/c1-25-17(24)14-11-3-2-4-12(11)19-20-15(14)21-5-7-22(8-6-21)16(23)13-9-18-10-26-13/h9-10H,2-8H2,1H3. The van der Waals surface area contributed by atoms with Crippen LogP contribution in [0, 0.1) is 0 Å². The van der Waals surface area contributed by atoms with Crippen LogP contribution in [-0.4, -0.2) is 65.2 Å². The number of piperazine rings is 1. The number of hydrogen-bond acceptors (Lipinski definition) is 8. The number of aryl methyl sites for hydroxylation is 1. The molecule has 0 saturated carbocycles. The molecule has 1 aliphatic heterocycles. The van der Waals surface area contributed by atoms with Gasteiger partial charge < -0.3 is 19.0 Å². The van der Waals surface area contributed by atoms with Gasteiger partial charge in [-0.3, -0.25) is 4.79 Å². The van der Waals surface area contributed by atoms with Crippen LogP contribution in [0.1, 0.15) is 38.6 Å². The van der Waals surface area contributed by atoms with Crippen molar-refractivity contribution < 1.29 is 18.7 Å². The Hall–Kier alpha value is -2.97. The summed E-state index contributed by atoms with van der Waals surface area (Å²) < 4.78 is 10.1. The van der Waals surface area contributed by atoms with Crippen LogP contribution < -0.4 is 4.90 Å². The van der Waals surface area contributed by atoms with Gasteiger partial charge in [-0.1, -0.05) is 0 Å². The van der Waals surface area contributed by atoms with Gasteiger partial charge in [-0.05, 0) is 24.8 Å². The van der Waals surface area contributed by atoms with Crippen LogP contribution in [0.5, 0.6) is 0 Å². The van der Waals surface area contributed by atoms with Gasteiger partial charge in [0.1, 0.15) is 5.56 Å². The van der Waals surface area contributed by atoms with Crippen molar-refractivity contribution in [1.29, 1.82) is 0 Å². The van der Waals surface area contributed by atoms with Crippen LogP contribution in [0.2, 0.25) is 0 Å². The zero-order valence-electron chi connectivity index (χ0n) is 14.5. The SMILES string of the molecule is COC(=O)c1c(N2CCN(C(=O)c3cnco3)CC2)nnc2c1CCC2. The Balaban J connectivity index is 1.55. The van der Waals surface area contributed by atoms with E-state index in [1.54, 1.807) is 4.90 Å². The van der Waals surface area contributed by atoms with Crippen molar-refractivity contribution in [3.63, 3.8) is 0 Å². The number of rotatable bonds is 3. The number of ether oxygens (including phenoxy) is 1. The number of nitrogens with zero attached hydrogens (tertiary/aromatic N) is 5. The van der Waals surface area contributed by atoms with Crippen molar-refractivity contribution in [3.05, 3.63) is 35.2 Å². The average Bonchev–Trinajstić information content (AvgIpc) is 3.37. The summed E-state index contributed by atoms with van der Waals surface area (Å²) >= 11 is 0. The van der Waals surface area contributed by atoms with E-state index >= 15 is 0 Å². The molecule has 0 unspecified atom stereocenters. The van der Waals surface area contributed by atoms with E-state index in [9.17, 15) is 9.59 Å². The van der Waals surface area contributed by atoms with Gasteiger partial charge in [0.25, 0.3) is 5.91 Å². The first-order chi connectivity index (χ1) is 12.7. The molecule has 2 aliphatic rings. The molecule has 9 nitrogen and oxygen atoms in total. The lowest BCUT2D eigenvalue weighted by Gasteiger charge is -2.35. The Labute approximate surface area is 150 Å². The third-order valence-electron chi connectivity index (χ3n) is 4.88. The molecule has 0 bridgehead atoms. The third kappa shape index (κ3) is 2.79. The lowest BCUT2D eigenvalue weighted by molar-refractivity contribution is 0.0597. The summed E-state index contributed by atoms with van der Waals surface area (Å²) in [6.45, 7) is 2.10. The molecule has 9 heteroatoms. The highest BCUT2D eigenvalue weighted by Gasteiger charge is 2.31. The van der Waals surface area contributed by atoms with E-state index in [2.05, 4.69) is 15.2 Å². The monoisotopic (exact) mass is 357 g/mol. The number of anilines is 1. The summed E-state index contributed by atoms with van der Waals surface area (Å²) in [5, 5.41) is 8.61. The second kappa shape index (κ2) is 6.74. The van der Waals surface area contributed by atoms with Crippen molar-refractivity contribution in [2.24, 2.45) is 0 Å². The van der Waals surface area contributed by atoms with Gasteiger partial charge in [0.2, 0.25) is 5.76 Å². The molecule has 1 amide bonds. The number of carbonyl (C=O) groups is 2. The van der Waals surface area contributed by atoms with Crippen LogP contribution >= 0.6 is 0 Å². The summed E-state index contributed by atoms with van der Waals surface area (Å²) in [7, 11) is 1.38. The van der Waals surface area contributed by atoms with E-state index in [1.165, 1.54) is 19.7 Å². The largest absolute Gasteiger partial charge is 0.465 e. The number of methoxy groups -OCH3 is 1. The normalized spacial score (nSPS) is 16.5. The van der Waals surface area contributed by atoms with Crippen molar-refractivity contribution in [2.75, 3.05) is 38.2 Å². The Kier molecular flexibility index (Phi) is 4.27. The van der Waals surface area contributed by atoms with Crippen LogP contribution in [0.15, 0.2) is 17.0 Å². The summed E-state index contributed by atoms with van der Waals surface area (Å²) in [4.78, 5) is 32.2. The number of amides is 1. The van der Waals surface area contributed by atoms with Crippen LogP contribution in [0.4, 0.5) is 5.82 Å². The number of oxazole rings is 1. The van der Waals surface area contributed by atoms with Crippen LogP contribution in [0.25, 0.3) is 0 Å². The molecule has 2 aromatic rings. The molecule has 26 heavy (non-hydrogen) atoms. The first-order valence-electron chi connectivity index (χ1n) is 8.58. The van der Waals surface area contributed by atoms with Crippen LogP contribution in [0.3, 0.4) is 0 Å². The molecular formula is C17H19N5O4. The van der Waals surface area contributed by atoms with Crippen LogP contribution in [-0.2, 0) is 17.6 Å². The molecule has 3 heterocycles. The smallest absolute Gasteiger partial charge is 0.342 e. The molecule has 0 spiro atoms. The van der Waals surface area contributed by atoms with E-state index in [4.69, 9.17) is 9.15 Å². The van der Waals surface area contributed by atoms with Gasteiger partial charge in [-0.15, -0.1) is 5.10 Å². The second-order valence-electron chi connectivity index (χ2n) is 6.31. The predicted molar refractivity (Wildman–Crippen MR) is 90.0 cm³/mol. The van der Waals surface area contributed by atoms with Gasteiger partial charge in [-0.2, -0.15) is 5.10 Å². The Morgan fingerprint density at radius 2 is 1.96 bits per heavy atom. The molecule has 2 aromatic heterocycles. The fourth-order valence-corrected chi connectivity index (χ4v) is 3.54. The highest BCUT2D eigenvalue weighted by atomic mass is 16.5. The maximum atomic E-state index is 12.4. The lowest BCUT2D eigenvalue weighted by atomic mass is 10.1. The summed E-state index contributed by atoms with van der Waals surface area (Å²) in [6.07, 6.45) is 5.28. The number of esters is 1. The lowest BCUT2D eigenvalue weighted by Crippen LogP contribution is -2.49. The molecule has 136 valence electrons. The van der Waals surface area contributed by atoms with E-state index in [0.29, 0.717) is 37.6 Å². The van der Waals surface area contributed by atoms with Gasteiger partial charge in [-0.25, -0.2) is 9.78 Å². The maximum Gasteiger partial charge on any atom is 0.342 e. The molecule has 0 radical (unpaired) electrons. The molecule has 0 atom stereocenters. The molecule has 1 aliphatic carbocycles. The zero-order chi connectivity index (χ0) is 18.1. The second-order valence-corrected chi connectivity index (χ2v) is 6.31. The molecule has 0 N–H and O–H groups in total. The fourth-order valence-electron chi connectivity index (χ4n) is 3.54. The minimum Gasteiger partial charge on any atom is -0.465 e. The summed E-state index contributed by atoms with van der Waals surface area (Å²) in [5.41, 5.74) is 2.35. The first-order valence-corrected chi connectivity index (χ1v) is 8.58. The number of hydrogen-bond donors (Lipinski definition) is 0. The van der Waals surface area contributed by atoms with E-state index in [1.807, 2.05) is 4.90 Å². The summed E-state index contributed by atoms with van der Waals surface area (Å²) in [5.74, 6) is 0.207. The van der Waals surface area contributed by atoms with E-state index in [0.717, 1.165) is 30.5 Å². The highest BCUT2D eigenvalue weighted by molar-refractivity contribution is 5.97. The highest BCUT2D eigenvalue weighted by Crippen LogP contribution is 2.30. The Morgan fingerprint density at radius 3 is 2.65 bits per heavy atom. The molecular weight excluding hydrogens is 338 g/mol. The molecule has 4 rings (SSSR count). The van der Waals surface area contributed by atoms with E-state index < -0.39 is 0 Å². The van der Waals surface area contributed by atoms with Gasteiger partial charge in [0.15, 0.2) is 12.2 Å². The molecule has 0 aromatic carbocycles. The Bertz CT molecular complexity index is 828. The maximum absolute atomic E-state index is 12.4. The van der Waals surface area contributed by atoms with Crippen molar-refractivity contribution in [1.82, 2.24) is 20.1 Å². The number of aromatic nitrogens is 3. The Morgan fingerprint density at radius 1 is 1.15 bits per heavy atom. The van der Waals surface area contributed by atoms with Crippen molar-refractivity contribution in [2.45, 2.75) is 19.3 Å². The number of fused-ring (bicyclic) bond motifs is 1. The van der Waals surface area contributed by atoms with Gasteiger partial charge in [0, 0.05) is 26.2 Å². The fraction of sp³-hybridized carbons (Fsp3) is 0.471. The molecule has 1 saturated heterocycles. The number of carbonyl (C=O) groups excluding carboxylic acids is 2. The van der Waals surface area contributed by atoms with Crippen molar-refractivity contribution >= 4 is 17.7 Å². The summed E-state index contributed by atoms with van der Waals surface area (Å²) in [6, 6.07) is 0. The van der Waals surface area contributed by atoms with E-state index in [-0.39, 0.29) is 17.6 Å². The minimum atomic E-state index is -0.381. The van der Waals surface area contributed by atoms with Gasteiger partial charge >= 0.3 is 5.97 Å². The van der Waals surface area contributed by atoms with Gasteiger partial charge in [0.05, 0.1) is 19.0 Å². The first kappa shape index (κ1) is 16.5. The predicted octanol–water partition coefficient (Wildman–Crippen LogP) is 0.702. The topological polar surface area (TPSA) is 102 Å². The average molecular weight is 357 g/mol. The third-order valence-corrected chi connectivity index (χ3v) is 4.88. The molecule has 1 fully saturated rings. The quantitative estimate of drug-likeness (QED) is 0.740.